The summed E-state index contributed by atoms with van der Waals surface area (Å²) in [5, 5.41) is 0. The lowest BCUT2D eigenvalue weighted by molar-refractivity contribution is -0.167. The number of allylic oxidation sites excluding steroid dienone is 6. The Morgan fingerprint density at radius 3 is 1.02 bits per heavy atom. The van der Waals surface area contributed by atoms with Gasteiger partial charge in [0.15, 0.2) is 6.10 Å². The summed E-state index contributed by atoms with van der Waals surface area (Å²) in [5.41, 5.74) is 0. The first-order valence-corrected chi connectivity index (χ1v) is 24.5. The Morgan fingerprint density at radius 2 is 0.632 bits per heavy atom. The summed E-state index contributed by atoms with van der Waals surface area (Å²) < 4.78 is 16.7. The molecule has 57 heavy (non-hydrogen) atoms. The van der Waals surface area contributed by atoms with Gasteiger partial charge in [-0.1, -0.05) is 192 Å². The molecule has 0 saturated heterocycles. The highest BCUT2D eigenvalue weighted by Crippen LogP contribution is 2.14. The molecular weight excluding hydrogens is 709 g/mol. The van der Waals surface area contributed by atoms with Crippen LogP contribution in [0.15, 0.2) is 36.5 Å². The molecule has 0 fully saturated rings. The van der Waals surface area contributed by atoms with Crippen LogP contribution >= 0.6 is 0 Å². The first-order valence-electron chi connectivity index (χ1n) is 24.5. The van der Waals surface area contributed by atoms with Gasteiger partial charge in [0.1, 0.15) is 13.2 Å². The Kier molecular flexibility index (Phi) is 44.4. The number of hydrogen-bond acceptors (Lipinski definition) is 6. The Labute approximate surface area is 353 Å². The van der Waals surface area contributed by atoms with E-state index in [1.807, 2.05) is 0 Å². The van der Waals surface area contributed by atoms with Crippen molar-refractivity contribution >= 4 is 17.9 Å². The number of ether oxygens (including phenoxy) is 3. The summed E-state index contributed by atoms with van der Waals surface area (Å²) in [6, 6.07) is 0. The molecule has 332 valence electrons. The minimum atomic E-state index is -0.777. The topological polar surface area (TPSA) is 78.9 Å². The molecule has 0 rings (SSSR count). The van der Waals surface area contributed by atoms with E-state index >= 15 is 0 Å². The van der Waals surface area contributed by atoms with Gasteiger partial charge in [-0.05, 0) is 77.0 Å². The second kappa shape index (κ2) is 46.3. The second-order valence-electron chi connectivity index (χ2n) is 16.4. The van der Waals surface area contributed by atoms with Gasteiger partial charge in [-0.3, -0.25) is 14.4 Å². The van der Waals surface area contributed by atoms with E-state index < -0.39 is 6.10 Å². The Bertz CT molecular complexity index is 969. The van der Waals surface area contributed by atoms with Crippen molar-refractivity contribution in [1.29, 1.82) is 0 Å². The maximum absolute atomic E-state index is 12.7. The van der Waals surface area contributed by atoms with Gasteiger partial charge in [-0.25, -0.2) is 0 Å². The predicted octanol–water partition coefficient (Wildman–Crippen LogP) is 15.8. The van der Waals surface area contributed by atoms with Crippen molar-refractivity contribution in [3.05, 3.63) is 36.5 Å². The van der Waals surface area contributed by atoms with Crippen LogP contribution < -0.4 is 0 Å². The van der Waals surface area contributed by atoms with Gasteiger partial charge in [0.05, 0.1) is 0 Å². The van der Waals surface area contributed by atoms with Crippen molar-refractivity contribution in [2.24, 2.45) is 0 Å². The lowest BCUT2D eigenvalue weighted by Gasteiger charge is -2.18. The molecule has 1 unspecified atom stereocenters. The minimum absolute atomic E-state index is 0.0780. The Hall–Kier alpha value is -2.37. The van der Waals surface area contributed by atoms with Crippen molar-refractivity contribution in [1.82, 2.24) is 0 Å². The fourth-order valence-corrected chi connectivity index (χ4v) is 6.88. The van der Waals surface area contributed by atoms with E-state index in [2.05, 4.69) is 57.2 Å². The van der Waals surface area contributed by atoms with E-state index in [4.69, 9.17) is 14.2 Å². The number of carbonyl (C=O) groups is 3. The van der Waals surface area contributed by atoms with E-state index in [9.17, 15) is 14.4 Å². The molecule has 0 radical (unpaired) electrons. The van der Waals surface area contributed by atoms with Crippen molar-refractivity contribution in [3.8, 4) is 0 Å². The summed E-state index contributed by atoms with van der Waals surface area (Å²) in [4.78, 5) is 37.8. The highest BCUT2D eigenvalue weighted by molar-refractivity contribution is 5.71. The van der Waals surface area contributed by atoms with Gasteiger partial charge in [0.2, 0.25) is 0 Å². The van der Waals surface area contributed by atoms with Gasteiger partial charge in [0, 0.05) is 19.3 Å². The quantitative estimate of drug-likeness (QED) is 0.0264. The van der Waals surface area contributed by atoms with E-state index in [0.717, 1.165) is 83.5 Å². The molecule has 0 heterocycles. The molecule has 6 heteroatoms. The average molecular weight is 801 g/mol. The van der Waals surface area contributed by atoms with Gasteiger partial charge in [-0.2, -0.15) is 0 Å². The van der Waals surface area contributed by atoms with Gasteiger partial charge >= 0.3 is 17.9 Å². The lowest BCUT2D eigenvalue weighted by atomic mass is 10.1. The van der Waals surface area contributed by atoms with Crippen molar-refractivity contribution < 1.29 is 28.6 Å². The van der Waals surface area contributed by atoms with Crippen LogP contribution in [0.3, 0.4) is 0 Å². The highest BCUT2D eigenvalue weighted by atomic mass is 16.6. The lowest BCUT2D eigenvalue weighted by Crippen LogP contribution is -2.30. The largest absolute Gasteiger partial charge is 0.462 e. The van der Waals surface area contributed by atoms with E-state index in [0.29, 0.717) is 19.3 Å². The number of esters is 3. The summed E-state index contributed by atoms with van der Waals surface area (Å²) in [7, 11) is 0. The summed E-state index contributed by atoms with van der Waals surface area (Å²) >= 11 is 0. The van der Waals surface area contributed by atoms with Crippen LogP contribution in [-0.2, 0) is 28.6 Å². The maximum atomic E-state index is 12.7. The average Bonchev–Trinajstić information content (AvgIpc) is 3.21. The Balaban J connectivity index is 4.36. The summed E-state index contributed by atoms with van der Waals surface area (Å²) in [6.07, 6.45) is 52.7. The van der Waals surface area contributed by atoms with Crippen LogP contribution in [0.5, 0.6) is 0 Å². The molecule has 0 spiro atoms. The zero-order valence-corrected chi connectivity index (χ0v) is 37.9. The molecule has 6 nitrogen and oxygen atoms in total. The van der Waals surface area contributed by atoms with Crippen molar-refractivity contribution in [2.45, 2.75) is 258 Å². The van der Waals surface area contributed by atoms with Gasteiger partial charge < -0.3 is 14.2 Å². The third kappa shape index (κ3) is 44.6. The first kappa shape index (κ1) is 54.6. The van der Waals surface area contributed by atoms with E-state index in [1.165, 1.54) is 128 Å². The molecule has 0 aromatic rings. The molecule has 0 amide bonds. The maximum Gasteiger partial charge on any atom is 0.306 e. The monoisotopic (exact) mass is 801 g/mol. The zero-order chi connectivity index (χ0) is 41.5. The molecule has 0 bridgehead atoms. The van der Waals surface area contributed by atoms with Crippen LogP contribution in [0.25, 0.3) is 0 Å². The fraction of sp³-hybridized carbons (Fsp3) is 0.824. The minimum Gasteiger partial charge on any atom is -0.462 e. The SMILES string of the molecule is CCCCC/C=C\C/C=C\CCCCCCCC(=O)OCC(COC(=O)CCCCCCCCCCC)OC(=O)CCCCCCC/C=C\CCCCCCCC. The smallest absolute Gasteiger partial charge is 0.306 e. The molecule has 0 aromatic heterocycles. The molecule has 1 atom stereocenters. The first-order chi connectivity index (χ1) is 28.0. The van der Waals surface area contributed by atoms with Gasteiger partial charge in [0.25, 0.3) is 0 Å². The van der Waals surface area contributed by atoms with Crippen LogP contribution in [0.1, 0.15) is 252 Å². The molecule has 0 aliphatic rings. The number of unbranched alkanes of at least 4 members (excludes halogenated alkanes) is 27. The summed E-state index contributed by atoms with van der Waals surface area (Å²) in [5.74, 6) is -0.898. The Morgan fingerprint density at radius 1 is 0.351 bits per heavy atom. The van der Waals surface area contributed by atoms with Crippen LogP contribution in [0.2, 0.25) is 0 Å². The number of hydrogen-bond donors (Lipinski definition) is 0. The molecule has 0 N–H and O–H groups in total. The molecule has 0 aliphatic carbocycles. The second-order valence-corrected chi connectivity index (χ2v) is 16.4. The number of rotatable bonds is 44. The number of carbonyl (C=O) groups excluding carboxylic acids is 3. The van der Waals surface area contributed by atoms with Crippen molar-refractivity contribution in [2.75, 3.05) is 13.2 Å². The van der Waals surface area contributed by atoms with E-state index in [-0.39, 0.29) is 31.1 Å². The summed E-state index contributed by atoms with van der Waals surface area (Å²) in [6.45, 7) is 6.57. The highest BCUT2D eigenvalue weighted by Gasteiger charge is 2.19. The van der Waals surface area contributed by atoms with Crippen LogP contribution in [0, 0.1) is 0 Å². The fourth-order valence-electron chi connectivity index (χ4n) is 6.88. The molecule has 0 aliphatic heterocycles. The standard InChI is InChI=1S/C51H92O6/c1-4-7-10-13-16-19-21-23-25-27-29-32-35-38-41-44-50(53)56-47-48(46-55-49(52)43-40-37-34-31-18-15-12-9-6-3)57-51(54)45-42-39-36-33-30-28-26-24-22-20-17-14-11-8-5-2/h16,19,23-26,48H,4-15,17-18,20-22,27-47H2,1-3H3/b19-16-,25-23-,26-24-. The van der Waals surface area contributed by atoms with Gasteiger partial charge in [-0.15, -0.1) is 0 Å². The third-order valence-electron chi connectivity index (χ3n) is 10.6. The van der Waals surface area contributed by atoms with Crippen molar-refractivity contribution in [3.63, 3.8) is 0 Å². The van der Waals surface area contributed by atoms with Crippen LogP contribution in [-0.4, -0.2) is 37.2 Å². The predicted molar refractivity (Wildman–Crippen MR) is 242 cm³/mol. The third-order valence-corrected chi connectivity index (χ3v) is 10.6. The van der Waals surface area contributed by atoms with Crippen LogP contribution in [0.4, 0.5) is 0 Å². The molecule has 0 aromatic carbocycles. The normalized spacial score (nSPS) is 12.3. The zero-order valence-electron chi connectivity index (χ0n) is 37.9. The molecular formula is C51H92O6. The van der Waals surface area contributed by atoms with E-state index in [1.54, 1.807) is 0 Å². The molecule has 0 saturated carbocycles.